The number of alkyl halides is 3. The van der Waals surface area contributed by atoms with E-state index in [9.17, 15) is 18.0 Å². The fourth-order valence-electron chi connectivity index (χ4n) is 0.601. The SMILES string of the molecule is O=c1sccn1CC(F)(F)F. The quantitative estimate of drug-likeness (QED) is 0.646. The van der Waals surface area contributed by atoms with E-state index in [1.54, 1.807) is 0 Å². The predicted octanol–water partition coefficient (Wildman–Crippen LogP) is 1.47. The van der Waals surface area contributed by atoms with Crippen LogP contribution in [0.3, 0.4) is 0 Å². The average Bonchev–Trinajstić information content (AvgIpc) is 2.12. The van der Waals surface area contributed by atoms with E-state index < -0.39 is 17.6 Å². The van der Waals surface area contributed by atoms with Gasteiger partial charge < -0.3 is 0 Å². The van der Waals surface area contributed by atoms with E-state index in [4.69, 9.17) is 0 Å². The largest absolute Gasteiger partial charge is 0.406 e. The average molecular weight is 183 g/mol. The standard InChI is InChI=1S/C5H4F3NOS/c6-5(7,8)3-9-1-2-11-4(9)10/h1-2H,3H2. The molecule has 62 valence electrons. The lowest BCUT2D eigenvalue weighted by Gasteiger charge is -2.04. The van der Waals surface area contributed by atoms with Gasteiger partial charge in [0.25, 0.3) is 0 Å². The maximum atomic E-state index is 11.6. The molecule has 0 aromatic carbocycles. The van der Waals surface area contributed by atoms with E-state index in [0.29, 0.717) is 4.57 Å². The predicted molar refractivity (Wildman–Crippen MR) is 34.6 cm³/mol. The smallest absolute Gasteiger partial charge is 0.297 e. The van der Waals surface area contributed by atoms with Gasteiger partial charge in [-0.05, 0) is 0 Å². The Kier molecular flexibility index (Phi) is 2.03. The number of aromatic nitrogens is 1. The third kappa shape index (κ3) is 2.38. The summed E-state index contributed by atoms with van der Waals surface area (Å²) in [6, 6.07) is 0. The number of nitrogens with zero attached hydrogens (tertiary/aromatic N) is 1. The van der Waals surface area contributed by atoms with Crippen molar-refractivity contribution in [1.29, 1.82) is 0 Å². The van der Waals surface area contributed by atoms with Crippen LogP contribution in [0.5, 0.6) is 0 Å². The van der Waals surface area contributed by atoms with E-state index in [2.05, 4.69) is 0 Å². The number of hydrogen-bond donors (Lipinski definition) is 0. The molecule has 0 bridgehead atoms. The van der Waals surface area contributed by atoms with Gasteiger partial charge in [0.05, 0.1) is 0 Å². The maximum Gasteiger partial charge on any atom is 0.406 e. The summed E-state index contributed by atoms with van der Waals surface area (Å²) in [4.78, 5) is 10.00. The number of hydrogen-bond acceptors (Lipinski definition) is 2. The van der Waals surface area contributed by atoms with Crippen LogP contribution >= 0.6 is 11.3 Å². The first-order valence-corrected chi connectivity index (χ1v) is 3.58. The molecule has 1 rings (SSSR count). The van der Waals surface area contributed by atoms with Crippen molar-refractivity contribution in [3.05, 3.63) is 21.2 Å². The maximum absolute atomic E-state index is 11.6. The van der Waals surface area contributed by atoms with Crippen LogP contribution in [0.25, 0.3) is 0 Å². The molecule has 0 amide bonds. The third-order valence-corrected chi connectivity index (χ3v) is 1.69. The second kappa shape index (κ2) is 2.69. The summed E-state index contributed by atoms with van der Waals surface area (Å²) in [6.45, 7) is -1.20. The lowest BCUT2D eigenvalue weighted by atomic mass is 10.6. The zero-order chi connectivity index (χ0) is 8.48. The molecule has 6 heteroatoms. The Balaban J connectivity index is 2.80. The van der Waals surface area contributed by atoms with Gasteiger partial charge in [0.15, 0.2) is 0 Å². The van der Waals surface area contributed by atoms with Crippen molar-refractivity contribution >= 4 is 11.3 Å². The normalized spacial score (nSPS) is 11.9. The van der Waals surface area contributed by atoms with Gasteiger partial charge in [0.2, 0.25) is 0 Å². The zero-order valence-electron chi connectivity index (χ0n) is 5.26. The zero-order valence-corrected chi connectivity index (χ0v) is 6.08. The van der Waals surface area contributed by atoms with Crippen LogP contribution in [0, 0.1) is 0 Å². The van der Waals surface area contributed by atoms with Gasteiger partial charge in [-0.15, -0.1) is 0 Å². The molecule has 2 nitrogen and oxygen atoms in total. The van der Waals surface area contributed by atoms with Crippen molar-refractivity contribution in [2.75, 3.05) is 0 Å². The van der Waals surface area contributed by atoms with Gasteiger partial charge in [-0.25, -0.2) is 0 Å². The van der Waals surface area contributed by atoms with E-state index >= 15 is 0 Å². The summed E-state index contributed by atoms with van der Waals surface area (Å²) in [7, 11) is 0. The molecule has 0 aliphatic heterocycles. The van der Waals surface area contributed by atoms with Gasteiger partial charge in [-0.2, -0.15) is 13.2 Å². The molecule has 0 saturated heterocycles. The highest BCUT2D eigenvalue weighted by molar-refractivity contribution is 7.07. The Morgan fingerprint density at radius 2 is 2.18 bits per heavy atom. The van der Waals surface area contributed by atoms with Crippen LogP contribution in [-0.2, 0) is 6.54 Å². The summed E-state index contributed by atoms with van der Waals surface area (Å²) in [5.74, 6) is 0. The highest BCUT2D eigenvalue weighted by Gasteiger charge is 2.28. The molecule has 0 unspecified atom stereocenters. The molecule has 0 aliphatic rings. The summed E-state index contributed by atoms with van der Waals surface area (Å²) in [5.41, 5.74) is 0. The summed E-state index contributed by atoms with van der Waals surface area (Å²) < 4.78 is 35.6. The van der Waals surface area contributed by atoms with Crippen LogP contribution in [0.4, 0.5) is 13.2 Å². The molecular weight excluding hydrogens is 179 g/mol. The second-order valence-electron chi connectivity index (χ2n) is 1.91. The van der Waals surface area contributed by atoms with Crippen molar-refractivity contribution in [3.63, 3.8) is 0 Å². The van der Waals surface area contributed by atoms with Gasteiger partial charge in [-0.1, -0.05) is 11.3 Å². The van der Waals surface area contributed by atoms with Crippen molar-refractivity contribution < 1.29 is 13.2 Å². The highest BCUT2D eigenvalue weighted by Crippen LogP contribution is 2.16. The molecule has 0 spiro atoms. The molecule has 1 heterocycles. The van der Waals surface area contributed by atoms with Crippen LogP contribution in [0.15, 0.2) is 16.4 Å². The van der Waals surface area contributed by atoms with Gasteiger partial charge in [0, 0.05) is 11.6 Å². The Hall–Kier alpha value is -0.780. The molecule has 0 fully saturated rings. The first-order valence-electron chi connectivity index (χ1n) is 2.70. The lowest BCUT2D eigenvalue weighted by molar-refractivity contribution is -0.140. The molecule has 1 aromatic heterocycles. The van der Waals surface area contributed by atoms with Gasteiger partial charge in [-0.3, -0.25) is 9.36 Å². The molecule has 0 N–H and O–H groups in total. The first-order chi connectivity index (χ1) is 4.99. The number of rotatable bonds is 1. The fourth-order valence-corrected chi connectivity index (χ4v) is 1.19. The Morgan fingerprint density at radius 1 is 1.55 bits per heavy atom. The molecule has 0 saturated carbocycles. The fraction of sp³-hybridized carbons (Fsp3) is 0.400. The van der Waals surface area contributed by atoms with E-state index in [1.165, 1.54) is 5.38 Å². The minimum atomic E-state index is -4.31. The van der Waals surface area contributed by atoms with Crippen molar-refractivity contribution in [2.24, 2.45) is 0 Å². The van der Waals surface area contributed by atoms with Crippen LogP contribution < -0.4 is 4.87 Å². The van der Waals surface area contributed by atoms with E-state index in [1.807, 2.05) is 0 Å². The van der Waals surface area contributed by atoms with E-state index in [0.717, 1.165) is 17.5 Å². The van der Waals surface area contributed by atoms with Gasteiger partial charge >= 0.3 is 11.0 Å². The van der Waals surface area contributed by atoms with Crippen LogP contribution in [0.2, 0.25) is 0 Å². The third-order valence-electron chi connectivity index (χ3n) is 0.994. The first kappa shape index (κ1) is 8.32. The Bertz CT molecular complexity index is 286. The summed E-state index contributed by atoms with van der Waals surface area (Å²) >= 11 is 0.752. The van der Waals surface area contributed by atoms with Gasteiger partial charge in [0.1, 0.15) is 6.54 Å². The molecule has 1 aromatic rings. The Morgan fingerprint density at radius 3 is 2.55 bits per heavy atom. The molecular formula is C5H4F3NOS. The van der Waals surface area contributed by atoms with Crippen LogP contribution in [-0.4, -0.2) is 10.7 Å². The summed E-state index contributed by atoms with van der Waals surface area (Å²) in [5, 5.41) is 1.33. The summed E-state index contributed by atoms with van der Waals surface area (Å²) in [6.07, 6.45) is -3.19. The molecule has 11 heavy (non-hydrogen) atoms. The lowest BCUT2D eigenvalue weighted by Crippen LogP contribution is -2.23. The van der Waals surface area contributed by atoms with Crippen molar-refractivity contribution in [1.82, 2.24) is 4.57 Å². The molecule has 0 aliphatic carbocycles. The minimum Gasteiger partial charge on any atom is -0.297 e. The monoisotopic (exact) mass is 183 g/mol. The second-order valence-corrected chi connectivity index (χ2v) is 2.77. The van der Waals surface area contributed by atoms with Crippen molar-refractivity contribution in [3.8, 4) is 0 Å². The molecule has 0 radical (unpaired) electrons. The topological polar surface area (TPSA) is 22.0 Å². The number of halogens is 3. The highest BCUT2D eigenvalue weighted by atomic mass is 32.1. The Labute approximate surface area is 63.9 Å². The number of thiazole rings is 1. The molecule has 0 atom stereocenters. The van der Waals surface area contributed by atoms with Crippen LogP contribution in [0.1, 0.15) is 0 Å². The van der Waals surface area contributed by atoms with Crippen molar-refractivity contribution in [2.45, 2.75) is 12.7 Å². The van der Waals surface area contributed by atoms with E-state index in [-0.39, 0.29) is 0 Å². The minimum absolute atomic E-state index is 0.581.